The molecule has 0 aromatic heterocycles. The summed E-state index contributed by atoms with van der Waals surface area (Å²) in [4.78, 5) is 11.1. The van der Waals surface area contributed by atoms with Crippen molar-refractivity contribution in [3.05, 3.63) is 35.4 Å². The monoisotopic (exact) mass is 183 g/mol. The number of rotatable bonds is 3. The second kappa shape index (κ2) is 4.24. The van der Waals surface area contributed by atoms with Crippen LogP contribution in [-0.4, -0.2) is 12.3 Å². The van der Waals surface area contributed by atoms with E-state index in [1.54, 1.807) is 12.1 Å². The van der Waals surface area contributed by atoms with E-state index in [0.717, 1.165) is 5.56 Å². The molecule has 64 valence electrons. The molecule has 1 aromatic carbocycles. The van der Waals surface area contributed by atoms with E-state index in [9.17, 15) is 4.79 Å². The lowest BCUT2D eigenvalue weighted by Crippen LogP contribution is -2.13. The van der Waals surface area contributed by atoms with Gasteiger partial charge in [-0.05, 0) is 5.56 Å². The molecule has 2 nitrogen and oxygen atoms in total. The van der Waals surface area contributed by atoms with Gasteiger partial charge in [0.05, 0.1) is 6.54 Å². The first kappa shape index (κ1) is 9.23. The topological polar surface area (TPSA) is 43.1 Å². The first-order valence-electron chi connectivity index (χ1n) is 3.66. The highest BCUT2D eigenvalue weighted by Gasteiger charge is 2.01. The van der Waals surface area contributed by atoms with Gasteiger partial charge in [0.2, 0.25) is 0 Å². The highest BCUT2D eigenvalue weighted by atomic mass is 35.5. The number of ketones is 1. The van der Waals surface area contributed by atoms with Crippen molar-refractivity contribution in [3.63, 3.8) is 0 Å². The van der Waals surface area contributed by atoms with Crippen LogP contribution in [0.25, 0.3) is 0 Å². The predicted octanol–water partition coefficient (Wildman–Crippen LogP) is 1.57. The standard InChI is InChI=1S/C9H10ClNO/c10-5-7-1-3-8(4-2-7)9(12)6-11/h1-4H,5-6,11H2. The minimum Gasteiger partial charge on any atom is -0.324 e. The first-order valence-corrected chi connectivity index (χ1v) is 4.19. The van der Waals surface area contributed by atoms with E-state index in [-0.39, 0.29) is 12.3 Å². The van der Waals surface area contributed by atoms with Crippen LogP contribution < -0.4 is 5.73 Å². The second-order valence-corrected chi connectivity index (χ2v) is 2.73. The minimum atomic E-state index is -0.0453. The quantitative estimate of drug-likeness (QED) is 0.571. The van der Waals surface area contributed by atoms with E-state index in [1.165, 1.54) is 0 Å². The zero-order valence-corrected chi connectivity index (χ0v) is 7.34. The van der Waals surface area contributed by atoms with Crippen LogP contribution >= 0.6 is 11.6 Å². The smallest absolute Gasteiger partial charge is 0.176 e. The van der Waals surface area contributed by atoms with Gasteiger partial charge < -0.3 is 5.73 Å². The Morgan fingerprint density at radius 1 is 1.33 bits per heavy atom. The van der Waals surface area contributed by atoms with E-state index in [4.69, 9.17) is 17.3 Å². The van der Waals surface area contributed by atoms with Crippen LogP contribution in [0.2, 0.25) is 0 Å². The number of hydrogen-bond acceptors (Lipinski definition) is 2. The molecule has 0 aliphatic heterocycles. The summed E-state index contributed by atoms with van der Waals surface area (Å²) >= 11 is 5.58. The summed E-state index contributed by atoms with van der Waals surface area (Å²) in [6.07, 6.45) is 0. The minimum absolute atomic E-state index is 0.0453. The number of hydrogen-bond donors (Lipinski definition) is 1. The molecule has 1 rings (SSSR count). The van der Waals surface area contributed by atoms with Gasteiger partial charge in [-0.15, -0.1) is 11.6 Å². The average molecular weight is 184 g/mol. The average Bonchev–Trinajstić information content (AvgIpc) is 2.17. The molecular weight excluding hydrogens is 174 g/mol. The molecular formula is C9H10ClNO. The van der Waals surface area contributed by atoms with Gasteiger partial charge >= 0.3 is 0 Å². The SMILES string of the molecule is NCC(=O)c1ccc(CCl)cc1. The van der Waals surface area contributed by atoms with Gasteiger partial charge in [0.15, 0.2) is 5.78 Å². The van der Waals surface area contributed by atoms with Gasteiger partial charge in [0.1, 0.15) is 0 Å². The van der Waals surface area contributed by atoms with Gasteiger partial charge in [-0.2, -0.15) is 0 Å². The zero-order chi connectivity index (χ0) is 8.97. The van der Waals surface area contributed by atoms with Gasteiger partial charge in [0.25, 0.3) is 0 Å². The van der Waals surface area contributed by atoms with Crippen molar-refractivity contribution in [2.75, 3.05) is 6.54 Å². The summed E-state index contributed by atoms with van der Waals surface area (Å²) in [5, 5.41) is 0. The zero-order valence-electron chi connectivity index (χ0n) is 6.59. The fraction of sp³-hybridized carbons (Fsp3) is 0.222. The Balaban J connectivity index is 2.84. The number of halogens is 1. The van der Waals surface area contributed by atoms with Gasteiger partial charge in [-0.25, -0.2) is 0 Å². The molecule has 0 unspecified atom stereocenters. The van der Waals surface area contributed by atoms with Gasteiger partial charge in [-0.1, -0.05) is 24.3 Å². The lowest BCUT2D eigenvalue weighted by Gasteiger charge is -1.98. The van der Waals surface area contributed by atoms with Crippen LogP contribution in [0, 0.1) is 0 Å². The highest BCUT2D eigenvalue weighted by Crippen LogP contribution is 2.06. The van der Waals surface area contributed by atoms with Crippen molar-refractivity contribution < 1.29 is 4.79 Å². The summed E-state index contributed by atoms with van der Waals surface area (Å²) in [6, 6.07) is 7.14. The number of carbonyl (C=O) groups is 1. The summed E-state index contributed by atoms with van der Waals surface area (Å²) < 4.78 is 0. The van der Waals surface area contributed by atoms with Crippen LogP contribution in [0.3, 0.4) is 0 Å². The fourth-order valence-electron chi connectivity index (χ4n) is 0.898. The number of alkyl halides is 1. The lowest BCUT2D eigenvalue weighted by molar-refractivity contribution is 0.100. The fourth-order valence-corrected chi connectivity index (χ4v) is 1.08. The molecule has 2 N–H and O–H groups in total. The normalized spacial score (nSPS) is 9.83. The summed E-state index contributed by atoms with van der Waals surface area (Å²) in [7, 11) is 0. The number of carbonyl (C=O) groups excluding carboxylic acids is 1. The Hall–Kier alpha value is -0.860. The molecule has 0 heterocycles. The second-order valence-electron chi connectivity index (χ2n) is 2.46. The van der Waals surface area contributed by atoms with Crippen LogP contribution in [0.15, 0.2) is 24.3 Å². The number of Topliss-reactive ketones (excluding diaryl/α,β-unsaturated/α-hetero) is 1. The van der Waals surface area contributed by atoms with E-state index in [0.29, 0.717) is 11.4 Å². The van der Waals surface area contributed by atoms with Crippen molar-refractivity contribution in [2.24, 2.45) is 5.73 Å². The van der Waals surface area contributed by atoms with Crippen molar-refractivity contribution >= 4 is 17.4 Å². The third-order valence-electron chi connectivity index (χ3n) is 1.62. The summed E-state index contributed by atoms with van der Waals surface area (Å²) in [5.41, 5.74) is 6.85. The van der Waals surface area contributed by atoms with E-state index in [1.807, 2.05) is 12.1 Å². The van der Waals surface area contributed by atoms with Crippen molar-refractivity contribution in [1.29, 1.82) is 0 Å². The maximum Gasteiger partial charge on any atom is 0.176 e. The molecule has 0 aliphatic carbocycles. The van der Waals surface area contributed by atoms with E-state index < -0.39 is 0 Å². The Labute approximate surface area is 76.3 Å². The third-order valence-corrected chi connectivity index (χ3v) is 1.92. The van der Waals surface area contributed by atoms with Crippen LogP contribution in [-0.2, 0) is 5.88 Å². The molecule has 0 amide bonds. The Morgan fingerprint density at radius 3 is 2.33 bits per heavy atom. The molecule has 0 saturated heterocycles. The van der Waals surface area contributed by atoms with E-state index in [2.05, 4.69) is 0 Å². The molecule has 0 fully saturated rings. The molecule has 0 aliphatic rings. The predicted molar refractivity (Wildman–Crippen MR) is 49.4 cm³/mol. The third kappa shape index (κ3) is 2.06. The molecule has 0 bridgehead atoms. The van der Waals surface area contributed by atoms with Crippen LogP contribution in [0.5, 0.6) is 0 Å². The number of benzene rings is 1. The Bertz CT molecular complexity index is 268. The molecule has 12 heavy (non-hydrogen) atoms. The number of nitrogens with two attached hydrogens (primary N) is 1. The molecule has 0 saturated carbocycles. The first-order chi connectivity index (χ1) is 5.77. The molecule has 1 aromatic rings. The van der Waals surface area contributed by atoms with Crippen LogP contribution in [0.1, 0.15) is 15.9 Å². The van der Waals surface area contributed by atoms with Gasteiger partial charge in [-0.3, -0.25) is 4.79 Å². The molecule has 0 radical (unpaired) electrons. The largest absolute Gasteiger partial charge is 0.324 e. The highest BCUT2D eigenvalue weighted by molar-refractivity contribution is 6.17. The van der Waals surface area contributed by atoms with Crippen molar-refractivity contribution in [1.82, 2.24) is 0 Å². The Kier molecular flexibility index (Phi) is 3.26. The van der Waals surface area contributed by atoms with Crippen LogP contribution in [0.4, 0.5) is 0 Å². The maximum absolute atomic E-state index is 11.1. The lowest BCUT2D eigenvalue weighted by atomic mass is 10.1. The molecule has 0 atom stereocenters. The summed E-state index contributed by atoms with van der Waals surface area (Å²) in [6.45, 7) is 0.0558. The Morgan fingerprint density at radius 2 is 1.92 bits per heavy atom. The van der Waals surface area contributed by atoms with Crippen molar-refractivity contribution in [3.8, 4) is 0 Å². The molecule has 3 heteroatoms. The maximum atomic E-state index is 11.1. The van der Waals surface area contributed by atoms with Gasteiger partial charge in [0, 0.05) is 11.4 Å². The van der Waals surface area contributed by atoms with E-state index >= 15 is 0 Å². The summed E-state index contributed by atoms with van der Waals surface area (Å²) in [5.74, 6) is 0.424. The molecule has 0 spiro atoms. The van der Waals surface area contributed by atoms with Crippen molar-refractivity contribution in [2.45, 2.75) is 5.88 Å².